The van der Waals surface area contributed by atoms with Crippen molar-refractivity contribution in [1.82, 2.24) is 4.98 Å². The lowest BCUT2D eigenvalue weighted by Crippen LogP contribution is -1.99. The predicted octanol–water partition coefficient (Wildman–Crippen LogP) is 4.46. The molecule has 0 saturated carbocycles. The second kappa shape index (κ2) is 3.53. The number of hydrogen-bond donors (Lipinski definition) is 1. The van der Waals surface area contributed by atoms with Gasteiger partial charge in [0, 0.05) is 20.6 Å². The lowest BCUT2D eigenvalue weighted by Gasteiger charge is -2.10. The van der Waals surface area contributed by atoms with Crippen LogP contribution in [0.1, 0.15) is 24.1 Å². The highest BCUT2D eigenvalue weighted by Crippen LogP contribution is 2.34. The molecule has 0 unspecified atom stereocenters. The molecule has 1 aromatic heterocycles. The minimum atomic E-state index is 0.807. The van der Waals surface area contributed by atoms with E-state index in [0.29, 0.717) is 0 Å². The topological polar surface area (TPSA) is 15.8 Å². The van der Waals surface area contributed by atoms with Crippen LogP contribution in [0.25, 0.3) is 10.9 Å². The molecule has 78 valence electrons. The summed E-state index contributed by atoms with van der Waals surface area (Å²) in [4.78, 5) is 3.51. The molecule has 1 aliphatic carbocycles. The lowest BCUT2D eigenvalue weighted by molar-refractivity contribution is 0.680. The van der Waals surface area contributed by atoms with E-state index in [9.17, 15) is 0 Å². The number of nitrogens with one attached hydrogen (secondary N) is 1. The molecule has 0 aliphatic heterocycles. The zero-order valence-corrected chi connectivity index (χ0v) is 10.6. The van der Waals surface area contributed by atoms with E-state index in [-0.39, 0.29) is 0 Å². The van der Waals surface area contributed by atoms with E-state index < -0.39 is 0 Å². The number of aryl methyl sites for hydroxylation is 2. The van der Waals surface area contributed by atoms with Gasteiger partial charge in [-0.05, 0) is 59.3 Å². The zero-order chi connectivity index (χ0) is 10.4. The Hall–Kier alpha value is -0.470. The van der Waals surface area contributed by atoms with Crippen molar-refractivity contribution >= 4 is 38.4 Å². The minimum Gasteiger partial charge on any atom is -0.357 e. The second-order valence-electron chi connectivity index (χ2n) is 4.10. The molecule has 0 radical (unpaired) electrons. The highest BCUT2D eigenvalue weighted by Gasteiger charge is 2.16. The summed E-state index contributed by atoms with van der Waals surface area (Å²) in [7, 11) is 0. The molecular formula is C12H11BrClN. The van der Waals surface area contributed by atoms with Gasteiger partial charge in [0.15, 0.2) is 0 Å². The van der Waals surface area contributed by atoms with Gasteiger partial charge >= 0.3 is 0 Å². The number of aromatic nitrogens is 1. The first kappa shape index (κ1) is 9.73. The quantitative estimate of drug-likeness (QED) is 0.735. The van der Waals surface area contributed by atoms with Crippen molar-refractivity contribution in [3.63, 3.8) is 0 Å². The van der Waals surface area contributed by atoms with Crippen molar-refractivity contribution in [2.45, 2.75) is 25.7 Å². The summed E-state index contributed by atoms with van der Waals surface area (Å²) < 4.78 is 1.07. The monoisotopic (exact) mass is 283 g/mol. The van der Waals surface area contributed by atoms with Crippen LogP contribution in [0.5, 0.6) is 0 Å². The molecule has 1 aromatic carbocycles. The highest BCUT2D eigenvalue weighted by molar-refractivity contribution is 9.10. The van der Waals surface area contributed by atoms with Gasteiger partial charge in [-0.1, -0.05) is 11.6 Å². The standard InChI is InChI=1S/C12H11BrClN/c13-10-6-7(14)5-9-8-3-1-2-4-11(8)15-12(9)10/h5-6,15H,1-4H2. The fourth-order valence-corrected chi connectivity index (χ4v) is 3.34. The Labute approximate surface area is 102 Å². The van der Waals surface area contributed by atoms with Crippen molar-refractivity contribution in [3.8, 4) is 0 Å². The molecule has 1 N–H and O–H groups in total. The lowest BCUT2D eigenvalue weighted by atomic mass is 9.96. The van der Waals surface area contributed by atoms with Crippen LogP contribution in [-0.2, 0) is 12.8 Å². The maximum Gasteiger partial charge on any atom is 0.0604 e. The molecule has 0 spiro atoms. The van der Waals surface area contributed by atoms with Crippen LogP contribution in [0.2, 0.25) is 5.02 Å². The molecule has 1 nitrogen and oxygen atoms in total. The summed E-state index contributed by atoms with van der Waals surface area (Å²) in [5.74, 6) is 0. The first-order chi connectivity index (χ1) is 7.25. The van der Waals surface area contributed by atoms with Crippen LogP contribution in [0.15, 0.2) is 16.6 Å². The van der Waals surface area contributed by atoms with E-state index in [1.165, 1.54) is 47.8 Å². The number of halogens is 2. The molecule has 1 heterocycles. The summed E-state index contributed by atoms with van der Waals surface area (Å²) in [6.07, 6.45) is 4.95. The average Bonchev–Trinajstić information content (AvgIpc) is 2.57. The smallest absolute Gasteiger partial charge is 0.0604 e. The molecule has 3 rings (SSSR count). The van der Waals surface area contributed by atoms with E-state index in [0.717, 1.165) is 9.50 Å². The SMILES string of the molecule is Clc1cc(Br)c2[nH]c3c(c2c1)CCCC3. The molecule has 0 fully saturated rings. The Morgan fingerprint density at radius 3 is 2.87 bits per heavy atom. The van der Waals surface area contributed by atoms with E-state index in [1.54, 1.807) is 0 Å². The number of fused-ring (bicyclic) bond motifs is 3. The summed E-state index contributed by atoms with van der Waals surface area (Å²) >= 11 is 9.64. The molecule has 3 heteroatoms. The molecule has 0 saturated heterocycles. The van der Waals surface area contributed by atoms with Gasteiger partial charge in [0.2, 0.25) is 0 Å². The van der Waals surface area contributed by atoms with Gasteiger partial charge in [-0.3, -0.25) is 0 Å². The Balaban J connectivity index is 2.37. The average molecular weight is 285 g/mol. The largest absolute Gasteiger partial charge is 0.357 e. The Kier molecular flexibility index (Phi) is 2.29. The van der Waals surface area contributed by atoms with Gasteiger partial charge in [-0.15, -0.1) is 0 Å². The summed E-state index contributed by atoms with van der Waals surface area (Å²) in [6, 6.07) is 4.02. The van der Waals surface area contributed by atoms with Gasteiger partial charge in [-0.2, -0.15) is 0 Å². The number of aromatic amines is 1. The number of hydrogen-bond acceptors (Lipinski definition) is 0. The number of benzene rings is 1. The molecule has 0 amide bonds. The summed E-state index contributed by atoms with van der Waals surface area (Å²) in [5.41, 5.74) is 4.07. The third kappa shape index (κ3) is 1.51. The maximum atomic E-state index is 6.08. The van der Waals surface area contributed by atoms with E-state index in [4.69, 9.17) is 11.6 Å². The molecular weight excluding hydrogens is 273 g/mol. The zero-order valence-electron chi connectivity index (χ0n) is 8.24. The first-order valence-corrected chi connectivity index (χ1v) is 6.41. The molecule has 0 bridgehead atoms. The van der Waals surface area contributed by atoms with Crippen LogP contribution >= 0.6 is 27.5 Å². The van der Waals surface area contributed by atoms with Crippen LogP contribution in [0.4, 0.5) is 0 Å². The van der Waals surface area contributed by atoms with Gasteiger partial charge in [0.1, 0.15) is 0 Å². The van der Waals surface area contributed by atoms with E-state index in [2.05, 4.69) is 27.0 Å². The van der Waals surface area contributed by atoms with Gasteiger partial charge < -0.3 is 4.98 Å². The maximum absolute atomic E-state index is 6.08. The van der Waals surface area contributed by atoms with E-state index in [1.807, 2.05) is 6.07 Å². The molecule has 0 atom stereocenters. The van der Waals surface area contributed by atoms with E-state index >= 15 is 0 Å². The Morgan fingerprint density at radius 1 is 1.20 bits per heavy atom. The first-order valence-electron chi connectivity index (χ1n) is 5.24. The second-order valence-corrected chi connectivity index (χ2v) is 5.39. The normalized spacial score (nSPS) is 15.6. The summed E-state index contributed by atoms with van der Waals surface area (Å²) in [6.45, 7) is 0. The van der Waals surface area contributed by atoms with Crippen LogP contribution in [-0.4, -0.2) is 4.98 Å². The third-order valence-corrected chi connectivity index (χ3v) is 3.97. The van der Waals surface area contributed by atoms with Crippen molar-refractivity contribution in [2.24, 2.45) is 0 Å². The van der Waals surface area contributed by atoms with Crippen molar-refractivity contribution in [3.05, 3.63) is 32.9 Å². The van der Waals surface area contributed by atoms with Crippen LogP contribution in [0.3, 0.4) is 0 Å². The highest BCUT2D eigenvalue weighted by atomic mass is 79.9. The van der Waals surface area contributed by atoms with Crippen LogP contribution < -0.4 is 0 Å². The fourth-order valence-electron chi connectivity index (χ4n) is 2.43. The van der Waals surface area contributed by atoms with Gasteiger partial charge in [-0.25, -0.2) is 0 Å². The number of rotatable bonds is 0. The Bertz CT molecular complexity index is 530. The van der Waals surface area contributed by atoms with Gasteiger partial charge in [0.25, 0.3) is 0 Å². The van der Waals surface area contributed by atoms with Crippen molar-refractivity contribution < 1.29 is 0 Å². The molecule has 15 heavy (non-hydrogen) atoms. The summed E-state index contributed by atoms with van der Waals surface area (Å²) in [5, 5.41) is 2.10. The molecule has 2 aromatic rings. The minimum absolute atomic E-state index is 0.807. The predicted molar refractivity (Wildman–Crippen MR) is 67.7 cm³/mol. The Morgan fingerprint density at radius 2 is 2.00 bits per heavy atom. The third-order valence-electron chi connectivity index (χ3n) is 3.12. The van der Waals surface area contributed by atoms with Gasteiger partial charge in [0.05, 0.1) is 5.52 Å². The van der Waals surface area contributed by atoms with Crippen LogP contribution in [0, 0.1) is 0 Å². The molecule has 1 aliphatic rings. The fraction of sp³-hybridized carbons (Fsp3) is 0.333. The van der Waals surface area contributed by atoms with Crippen molar-refractivity contribution in [2.75, 3.05) is 0 Å². The van der Waals surface area contributed by atoms with Crippen molar-refractivity contribution in [1.29, 1.82) is 0 Å². The number of H-pyrrole nitrogens is 1.